The molecule has 1 atom stereocenters. The van der Waals surface area contributed by atoms with Gasteiger partial charge in [-0.2, -0.15) is 0 Å². The van der Waals surface area contributed by atoms with Gasteiger partial charge in [0.05, 0.1) is 11.6 Å². The normalized spacial score (nSPS) is 18.7. The quantitative estimate of drug-likeness (QED) is 0.753. The minimum atomic E-state index is -0.275. The molecule has 4 heteroatoms. The molecule has 0 amide bonds. The molecule has 1 aliphatic rings. The zero-order chi connectivity index (χ0) is 15.5. The molecule has 0 radical (unpaired) electrons. The number of halogens is 2. The van der Waals surface area contributed by atoms with E-state index in [1.807, 2.05) is 6.07 Å². The van der Waals surface area contributed by atoms with Gasteiger partial charge in [0.2, 0.25) is 0 Å². The van der Waals surface area contributed by atoms with Gasteiger partial charge in [0.15, 0.2) is 0 Å². The van der Waals surface area contributed by atoms with E-state index in [4.69, 9.17) is 4.74 Å². The maximum atomic E-state index is 13.8. The Kier molecular flexibility index (Phi) is 5.67. The van der Waals surface area contributed by atoms with Gasteiger partial charge in [-0.15, -0.1) is 0 Å². The molecule has 1 N–H and O–H groups in total. The fourth-order valence-electron chi connectivity index (χ4n) is 3.73. The lowest BCUT2D eigenvalue weighted by atomic mass is 9.73. The number of hydrogen-bond acceptors (Lipinski definition) is 2. The van der Waals surface area contributed by atoms with Gasteiger partial charge in [0.1, 0.15) is 11.6 Å². The van der Waals surface area contributed by atoms with Crippen molar-refractivity contribution in [3.63, 3.8) is 0 Å². The maximum Gasteiger partial charge on any atom is 0.141 e. The molecule has 0 heterocycles. The Bertz CT molecular complexity index is 486. The fourth-order valence-corrected chi connectivity index (χ4v) is 4.09. The van der Waals surface area contributed by atoms with Gasteiger partial charge < -0.3 is 10.1 Å². The van der Waals surface area contributed by atoms with E-state index in [1.54, 1.807) is 7.11 Å². The van der Waals surface area contributed by atoms with Gasteiger partial charge in [-0.05, 0) is 53.2 Å². The van der Waals surface area contributed by atoms with Gasteiger partial charge in [0.25, 0.3) is 0 Å². The largest absolute Gasteiger partial charge is 0.496 e. The highest BCUT2D eigenvalue weighted by Crippen LogP contribution is 2.52. The van der Waals surface area contributed by atoms with Crippen LogP contribution in [0.4, 0.5) is 4.39 Å². The summed E-state index contributed by atoms with van der Waals surface area (Å²) in [6.07, 6.45) is 6.13. The van der Waals surface area contributed by atoms with E-state index in [2.05, 4.69) is 35.1 Å². The molecule has 2 nitrogen and oxygen atoms in total. The van der Waals surface area contributed by atoms with Crippen molar-refractivity contribution >= 4 is 15.9 Å². The van der Waals surface area contributed by atoms with Gasteiger partial charge in [-0.3, -0.25) is 0 Å². The Morgan fingerprint density at radius 1 is 1.33 bits per heavy atom. The Labute approximate surface area is 135 Å². The third-order valence-corrected chi connectivity index (χ3v) is 5.52. The summed E-state index contributed by atoms with van der Waals surface area (Å²) in [5.74, 6) is 0.365. The summed E-state index contributed by atoms with van der Waals surface area (Å²) in [7, 11) is 1.61. The monoisotopic (exact) mass is 357 g/mol. The maximum absolute atomic E-state index is 13.8. The van der Waals surface area contributed by atoms with Crippen LogP contribution in [0.1, 0.15) is 57.6 Å². The first kappa shape index (κ1) is 16.8. The molecule has 0 saturated heterocycles. The van der Waals surface area contributed by atoms with Crippen molar-refractivity contribution in [2.24, 2.45) is 5.41 Å². The first-order valence-corrected chi connectivity index (χ1v) is 8.63. The second kappa shape index (κ2) is 7.10. The molecule has 1 unspecified atom stereocenters. The zero-order valence-electron chi connectivity index (χ0n) is 13.1. The van der Waals surface area contributed by atoms with Crippen LogP contribution in [0.3, 0.4) is 0 Å². The van der Waals surface area contributed by atoms with Crippen molar-refractivity contribution in [3.05, 3.63) is 28.0 Å². The molecule has 0 aromatic heterocycles. The Balaban J connectivity index is 2.49. The van der Waals surface area contributed by atoms with Crippen molar-refractivity contribution in [3.8, 4) is 5.75 Å². The van der Waals surface area contributed by atoms with Gasteiger partial charge >= 0.3 is 0 Å². The molecular formula is C17H25BrFNO. The van der Waals surface area contributed by atoms with Crippen LogP contribution < -0.4 is 10.1 Å². The number of ether oxygens (including phenoxy) is 1. The number of hydrogen-bond donors (Lipinski definition) is 1. The molecule has 21 heavy (non-hydrogen) atoms. The van der Waals surface area contributed by atoms with E-state index in [-0.39, 0.29) is 17.3 Å². The minimum absolute atomic E-state index is 0.210. The predicted octanol–water partition coefficient (Wildman–Crippen LogP) is 5.22. The predicted molar refractivity (Wildman–Crippen MR) is 88.3 cm³/mol. The van der Waals surface area contributed by atoms with Crippen LogP contribution in [0.5, 0.6) is 5.75 Å². The molecular weight excluding hydrogens is 333 g/mol. The molecule has 0 bridgehead atoms. The minimum Gasteiger partial charge on any atom is -0.496 e. The lowest BCUT2D eigenvalue weighted by Gasteiger charge is -2.38. The zero-order valence-corrected chi connectivity index (χ0v) is 14.7. The summed E-state index contributed by atoms with van der Waals surface area (Å²) in [4.78, 5) is 0. The average molecular weight is 358 g/mol. The van der Waals surface area contributed by atoms with Gasteiger partial charge in [0, 0.05) is 17.7 Å². The summed E-state index contributed by atoms with van der Waals surface area (Å²) < 4.78 is 19.8. The highest BCUT2D eigenvalue weighted by atomic mass is 79.9. The first-order valence-electron chi connectivity index (χ1n) is 7.84. The van der Waals surface area contributed by atoms with E-state index >= 15 is 0 Å². The molecule has 1 aromatic rings. The number of rotatable bonds is 6. The SMILES string of the molecule is CCNC(c1cc(Br)c(F)cc1OC)C1(CC)CCCC1. The van der Waals surface area contributed by atoms with Crippen molar-refractivity contribution < 1.29 is 9.13 Å². The average Bonchev–Trinajstić information content (AvgIpc) is 2.97. The molecule has 2 rings (SSSR count). The lowest BCUT2D eigenvalue weighted by molar-refractivity contribution is 0.185. The van der Waals surface area contributed by atoms with Crippen LogP contribution in [0.25, 0.3) is 0 Å². The van der Waals surface area contributed by atoms with Crippen LogP contribution in [-0.4, -0.2) is 13.7 Å². The molecule has 1 saturated carbocycles. The molecule has 1 aromatic carbocycles. The Morgan fingerprint density at radius 3 is 2.52 bits per heavy atom. The van der Waals surface area contributed by atoms with Crippen LogP contribution in [0, 0.1) is 11.2 Å². The van der Waals surface area contributed by atoms with Crippen LogP contribution >= 0.6 is 15.9 Å². The van der Waals surface area contributed by atoms with Crippen molar-refractivity contribution in [2.45, 2.75) is 52.0 Å². The first-order chi connectivity index (χ1) is 10.1. The molecule has 0 aliphatic heterocycles. The summed E-state index contributed by atoms with van der Waals surface area (Å²) in [6.45, 7) is 5.28. The van der Waals surface area contributed by atoms with Crippen LogP contribution in [0.15, 0.2) is 16.6 Å². The van der Waals surface area contributed by atoms with Gasteiger partial charge in [-0.25, -0.2) is 4.39 Å². The molecule has 1 aliphatic carbocycles. The molecule has 118 valence electrons. The van der Waals surface area contributed by atoms with E-state index < -0.39 is 0 Å². The number of benzene rings is 1. The van der Waals surface area contributed by atoms with Gasteiger partial charge in [-0.1, -0.05) is 26.7 Å². The third-order valence-electron chi connectivity index (χ3n) is 4.91. The third kappa shape index (κ3) is 3.26. The Hall–Kier alpha value is -0.610. The Morgan fingerprint density at radius 2 is 2.00 bits per heavy atom. The van der Waals surface area contributed by atoms with Crippen molar-refractivity contribution in [2.75, 3.05) is 13.7 Å². The van der Waals surface area contributed by atoms with E-state index in [1.165, 1.54) is 31.7 Å². The van der Waals surface area contributed by atoms with Crippen LogP contribution in [-0.2, 0) is 0 Å². The smallest absolute Gasteiger partial charge is 0.141 e. The summed E-state index contributed by atoms with van der Waals surface area (Å²) in [5, 5.41) is 3.63. The second-order valence-electron chi connectivity index (χ2n) is 5.92. The lowest BCUT2D eigenvalue weighted by Crippen LogP contribution is -2.36. The standard InChI is InChI=1S/C17H25BrFNO/c1-4-17(8-6-7-9-17)16(20-5-2)12-10-13(18)14(19)11-15(12)21-3/h10-11,16,20H,4-9H2,1-3H3. The van der Waals surface area contributed by atoms with Crippen molar-refractivity contribution in [1.82, 2.24) is 5.32 Å². The topological polar surface area (TPSA) is 21.3 Å². The number of methoxy groups -OCH3 is 1. The molecule has 0 spiro atoms. The highest BCUT2D eigenvalue weighted by Gasteiger charge is 2.41. The van der Waals surface area contributed by atoms with E-state index in [0.29, 0.717) is 10.2 Å². The highest BCUT2D eigenvalue weighted by molar-refractivity contribution is 9.10. The van der Waals surface area contributed by atoms with E-state index in [9.17, 15) is 4.39 Å². The summed E-state index contributed by atoms with van der Waals surface area (Å²) in [6, 6.07) is 3.58. The molecule has 1 fully saturated rings. The van der Waals surface area contributed by atoms with E-state index in [0.717, 1.165) is 18.5 Å². The number of nitrogens with one attached hydrogen (secondary N) is 1. The summed E-state index contributed by atoms with van der Waals surface area (Å²) in [5.41, 5.74) is 1.32. The van der Waals surface area contributed by atoms with Crippen LogP contribution in [0.2, 0.25) is 0 Å². The fraction of sp³-hybridized carbons (Fsp3) is 0.647. The second-order valence-corrected chi connectivity index (χ2v) is 6.78. The summed E-state index contributed by atoms with van der Waals surface area (Å²) >= 11 is 3.32. The van der Waals surface area contributed by atoms with Crippen molar-refractivity contribution in [1.29, 1.82) is 0 Å².